The molecule has 0 radical (unpaired) electrons. The van der Waals surface area contributed by atoms with Crippen molar-refractivity contribution in [1.82, 2.24) is 15.5 Å². The Bertz CT molecular complexity index is 871. The van der Waals surface area contributed by atoms with Crippen molar-refractivity contribution in [3.63, 3.8) is 0 Å². The summed E-state index contributed by atoms with van der Waals surface area (Å²) in [6.07, 6.45) is 7.45. The predicted octanol–water partition coefficient (Wildman–Crippen LogP) is 4.50. The van der Waals surface area contributed by atoms with E-state index >= 15 is 0 Å². The lowest BCUT2D eigenvalue weighted by molar-refractivity contribution is 0.0917. The van der Waals surface area contributed by atoms with Gasteiger partial charge in [0.2, 0.25) is 0 Å². The van der Waals surface area contributed by atoms with Gasteiger partial charge in [0, 0.05) is 30.7 Å². The van der Waals surface area contributed by atoms with Crippen molar-refractivity contribution < 1.29 is 14.3 Å². The summed E-state index contributed by atoms with van der Waals surface area (Å²) >= 11 is 0. The van der Waals surface area contributed by atoms with E-state index in [0.717, 1.165) is 37.0 Å². The minimum Gasteiger partial charge on any atom is -0.489 e. The van der Waals surface area contributed by atoms with Gasteiger partial charge >= 0.3 is 6.03 Å². The number of likely N-dealkylation sites (tertiary alicyclic amines) is 1. The second-order valence-electron chi connectivity index (χ2n) is 8.82. The van der Waals surface area contributed by atoms with Crippen LogP contribution in [-0.4, -0.2) is 42.0 Å². The summed E-state index contributed by atoms with van der Waals surface area (Å²) in [4.78, 5) is 27.0. The van der Waals surface area contributed by atoms with Gasteiger partial charge in [0.15, 0.2) is 0 Å². The highest BCUT2D eigenvalue weighted by Crippen LogP contribution is 2.19. The first-order valence-electron chi connectivity index (χ1n) is 11.8. The summed E-state index contributed by atoms with van der Waals surface area (Å²) in [5, 5.41) is 6.31. The summed E-state index contributed by atoms with van der Waals surface area (Å²) < 4.78 is 5.75. The molecule has 0 spiro atoms. The number of urea groups is 1. The van der Waals surface area contributed by atoms with Crippen LogP contribution in [0.3, 0.4) is 0 Å². The SMILES string of the molecule is O=C(NC1CCN(C(=O)NC2CCCCC2)CC1)c1ccc(COc2ccccc2)cc1. The maximum absolute atomic E-state index is 12.6. The number of piperidine rings is 1. The van der Waals surface area contributed by atoms with Gasteiger partial charge in [-0.1, -0.05) is 49.6 Å². The molecule has 170 valence electrons. The lowest BCUT2D eigenvalue weighted by Gasteiger charge is -2.34. The molecule has 2 N–H and O–H groups in total. The zero-order valence-corrected chi connectivity index (χ0v) is 18.6. The summed E-state index contributed by atoms with van der Waals surface area (Å²) in [5.74, 6) is 0.763. The van der Waals surface area contributed by atoms with E-state index in [4.69, 9.17) is 4.74 Å². The molecule has 1 aliphatic heterocycles. The van der Waals surface area contributed by atoms with Gasteiger partial charge < -0.3 is 20.3 Å². The molecule has 1 heterocycles. The number of nitrogens with zero attached hydrogens (tertiary/aromatic N) is 1. The maximum atomic E-state index is 12.6. The largest absolute Gasteiger partial charge is 0.489 e. The molecule has 2 fully saturated rings. The highest BCUT2D eigenvalue weighted by atomic mass is 16.5. The van der Waals surface area contributed by atoms with Crippen LogP contribution in [0, 0.1) is 0 Å². The van der Waals surface area contributed by atoms with Crippen molar-refractivity contribution in [2.24, 2.45) is 0 Å². The van der Waals surface area contributed by atoms with Crippen molar-refractivity contribution in [3.8, 4) is 5.75 Å². The molecule has 1 aliphatic carbocycles. The van der Waals surface area contributed by atoms with Crippen LogP contribution in [0.1, 0.15) is 60.9 Å². The average Bonchev–Trinajstić information content (AvgIpc) is 2.85. The fraction of sp³-hybridized carbons (Fsp3) is 0.462. The molecule has 6 nitrogen and oxygen atoms in total. The number of ether oxygens (including phenoxy) is 1. The van der Waals surface area contributed by atoms with Crippen LogP contribution < -0.4 is 15.4 Å². The fourth-order valence-corrected chi connectivity index (χ4v) is 4.44. The summed E-state index contributed by atoms with van der Waals surface area (Å²) in [5.41, 5.74) is 1.66. The molecule has 1 saturated carbocycles. The van der Waals surface area contributed by atoms with Crippen LogP contribution >= 0.6 is 0 Å². The van der Waals surface area contributed by atoms with E-state index in [1.54, 1.807) is 0 Å². The van der Waals surface area contributed by atoms with Crippen LogP contribution in [0.15, 0.2) is 54.6 Å². The third-order valence-corrected chi connectivity index (χ3v) is 6.41. The van der Waals surface area contributed by atoms with Gasteiger partial charge in [0.1, 0.15) is 12.4 Å². The fourth-order valence-electron chi connectivity index (χ4n) is 4.44. The minimum atomic E-state index is -0.0642. The van der Waals surface area contributed by atoms with E-state index in [9.17, 15) is 9.59 Å². The van der Waals surface area contributed by atoms with Crippen LogP contribution in [-0.2, 0) is 6.61 Å². The summed E-state index contributed by atoms with van der Waals surface area (Å²) in [7, 11) is 0. The van der Waals surface area contributed by atoms with E-state index in [0.29, 0.717) is 31.3 Å². The number of para-hydroxylation sites is 1. The van der Waals surface area contributed by atoms with Crippen molar-refractivity contribution in [1.29, 1.82) is 0 Å². The monoisotopic (exact) mass is 435 g/mol. The lowest BCUT2D eigenvalue weighted by atomic mass is 9.95. The van der Waals surface area contributed by atoms with Crippen molar-refractivity contribution >= 4 is 11.9 Å². The first-order valence-corrected chi connectivity index (χ1v) is 11.8. The molecule has 0 unspecified atom stereocenters. The summed E-state index contributed by atoms with van der Waals surface area (Å²) in [6, 6.07) is 17.7. The van der Waals surface area contributed by atoms with Crippen LogP contribution in [0.5, 0.6) is 5.75 Å². The molecule has 2 aromatic carbocycles. The number of carbonyl (C=O) groups is 2. The highest BCUT2D eigenvalue weighted by molar-refractivity contribution is 5.94. The number of nitrogens with one attached hydrogen (secondary N) is 2. The van der Waals surface area contributed by atoms with E-state index in [-0.39, 0.29) is 18.0 Å². The smallest absolute Gasteiger partial charge is 0.317 e. The van der Waals surface area contributed by atoms with Gasteiger partial charge in [-0.25, -0.2) is 4.79 Å². The molecule has 0 bridgehead atoms. The Hall–Kier alpha value is -3.02. The normalized spacial score (nSPS) is 17.6. The Morgan fingerprint density at radius 2 is 1.47 bits per heavy atom. The Balaban J connectivity index is 1.19. The number of hydrogen-bond donors (Lipinski definition) is 2. The van der Waals surface area contributed by atoms with Crippen molar-refractivity contribution in [2.45, 2.75) is 63.6 Å². The van der Waals surface area contributed by atoms with Gasteiger partial charge in [0.25, 0.3) is 5.91 Å². The molecule has 32 heavy (non-hydrogen) atoms. The van der Waals surface area contributed by atoms with Crippen molar-refractivity contribution in [3.05, 3.63) is 65.7 Å². The third-order valence-electron chi connectivity index (χ3n) is 6.41. The van der Waals surface area contributed by atoms with Gasteiger partial charge in [0.05, 0.1) is 0 Å². The first kappa shape index (κ1) is 22.2. The zero-order chi connectivity index (χ0) is 22.2. The first-order chi connectivity index (χ1) is 15.7. The lowest BCUT2D eigenvalue weighted by Crippen LogP contribution is -2.51. The molecule has 0 atom stereocenters. The Morgan fingerprint density at radius 3 is 2.16 bits per heavy atom. The summed E-state index contributed by atoms with van der Waals surface area (Å²) in [6.45, 7) is 1.83. The second kappa shape index (κ2) is 11.0. The predicted molar refractivity (Wildman–Crippen MR) is 125 cm³/mol. The third kappa shape index (κ3) is 6.25. The number of benzene rings is 2. The quantitative estimate of drug-likeness (QED) is 0.702. The molecule has 6 heteroatoms. The van der Waals surface area contributed by atoms with Gasteiger partial charge in [-0.3, -0.25) is 4.79 Å². The Labute approximate surface area is 190 Å². The van der Waals surface area contributed by atoms with E-state index in [1.165, 1.54) is 19.3 Å². The highest BCUT2D eigenvalue weighted by Gasteiger charge is 2.26. The van der Waals surface area contributed by atoms with Crippen LogP contribution in [0.25, 0.3) is 0 Å². The molecule has 3 amide bonds. The number of hydrogen-bond acceptors (Lipinski definition) is 3. The molecule has 2 aliphatic rings. The van der Waals surface area contributed by atoms with Crippen LogP contribution in [0.2, 0.25) is 0 Å². The average molecular weight is 436 g/mol. The molecule has 4 rings (SSSR count). The van der Waals surface area contributed by atoms with Crippen LogP contribution in [0.4, 0.5) is 4.79 Å². The van der Waals surface area contributed by atoms with E-state index in [2.05, 4.69) is 10.6 Å². The minimum absolute atomic E-state index is 0.0509. The van der Waals surface area contributed by atoms with Gasteiger partial charge in [-0.15, -0.1) is 0 Å². The maximum Gasteiger partial charge on any atom is 0.317 e. The molecule has 1 saturated heterocycles. The van der Waals surface area contributed by atoms with E-state index < -0.39 is 0 Å². The Kier molecular flexibility index (Phi) is 7.64. The van der Waals surface area contributed by atoms with Gasteiger partial charge in [-0.05, 0) is 55.5 Å². The molecular weight excluding hydrogens is 402 g/mol. The number of rotatable bonds is 6. The van der Waals surface area contributed by atoms with Crippen molar-refractivity contribution in [2.75, 3.05) is 13.1 Å². The topological polar surface area (TPSA) is 70.7 Å². The van der Waals surface area contributed by atoms with E-state index in [1.807, 2.05) is 59.5 Å². The molecule has 0 aromatic heterocycles. The zero-order valence-electron chi connectivity index (χ0n) is 18.6. The number of carbonyl (C=O) groups excluding carboxylic acids is 2. The Morgan fingerprint density at radius 1 is 0.812 bits per heavy atom. The molecular formula is C26H33N3O3. The molecule has 2 aromatic rings. The van der Waals surface area contributed by atoms with Gasteiger partial charge in [-0.2, -0.15) is 0 Å². The number of amides is 3. The standard InChI is InChI=1S/C26H33N3O3/c30-25(21-13-11-20(12-14-21)19-32-24-9-5-2-6-10-24)27-23-15-17-29(18-16-23)26(31)28-22-7-3-1-4-8-22/h2,5-6,9-14,22-23H,1,3-4,7-8,15-19H2,(H,27,30)(H,28,31). The second-order valence-corrected chi connectivity index (χ2v) is 8.82.